The van der Waals surface area contributed by atoms with Crippen LogP contribution in [0.2, 0.25) is 0 Å². The van der Waals surface area contributed by atoms with Crippen molar-refractivity contribution in [3.05, 3.63) is 11.8 Å². The molecule has 1 heterocycles. The molecular formula is C10H17NO4. The van der Waals surface area contributed by atoms with Crippen molar-refractivity contribution in [1.29, 1.82) is 0 Å². The smallest absolute Gasteiger partial charge is 0.449 e. The fraction of sp³-hybridized carbons (Fsp3) is 0.700. The van der Waals surface area contributed by atoms with Crippen LogP contribution in [0.25, 0.3) is 0 Å². The van der Waals surface area contributed by atoms with Gasteiger partial charge in [0.1, 0.15) is 5.76 Å². The molecule has 1 aliphatic rings. The molecule has 1 aliphatic heterocycles. The highest BCUT2D eigenvalue weighted by molar-refractivity contribution is 5.58. The highest BCUT2D eigenvalue weighted by Crippen LogP contribution is 2.35. The molecule has 5 heteroatoms. The van der Waals surface area contributed by atoms with E-state index in [4.69, 9.17) is 5.11 Å². The largest absolute Gasteiger partial charge is 0.511 e. The summed E-state index contributed by atoms with van der Waals surface area (Å²) in [4.78, 5) is 10.4. The molecule has 0 aromatic heterocycles. The van der Waals surface area contributed by atoms with E-state index in [2.05, 4.69) is 4.74 Å². The van der Waals surface area contributed by atoms with E-state index in [-0.39, 0.29) is 0 Å². The number of hydrogen-bond acceptors (Lipinski definition) is 4. The highest BCUT2D eigenvalue weighted by atomic mass is 16.7. The van der Waals surface area contributed by atoms with Crippen molar-refractivity contribution in [3.63, 3.8) is 0 Å². The van der Waals surface area contributed by atoms with Crippen LogP contribution in [0.1, 0.15) is 34.1 Å². The van der Waals surface area contributed by atoms with Gasteiger partial charge in [-0.3, -0.25) is 0 Å². The van der Waals surface area contributed by atoms with Crippen LogP contribution in [0.3, 0.4) is 0 Å². The standard InChI is InChI=1S/C10H17NO4/c1-9(2)5-7(15-8(12)13)6-10(3,4)11(9)14/h5,14H,6H2,1-4H3,(H,12,13). The number of ether oxygens (including phenoxy) is 1. The third-order valence-corrected chi connectivity index (χ3v) is 2.46. The van der Waals surface area contributed by atoms with Crippen molar-refractivity contribution in [3.8, 4) is 0 Å². The van der Waals surface area contributed by atoms with E-state index in [1.165, 1.54) is 5.06 Å². The Morgan fingerprint density at radius 2 is 2.00 bits per heavy atom. The Balaban J connectivity index is 2.98. The molecule has 0 aliphatic carbocycles. The molecule has 0 aromatic rings. The van der Waals surface area contributed by atoms with Gasteiger partial charge in [-0.15, -0.1) is 0 Å². The number of carboxylic acid groups (broad SMARTS) is 1. The number of carbonyl (C=O) groups is 1. The first-order chi connectivity index (χ1) is 6.65. The fourth-order valence-corrected chi connectivity index (χ4v) is 1.97. The van der Waals surface area contributed by atoms with E-state index in [9.17, 15) is 10.0 Å². The average Bonchev–Trinajstić information content (AvgIpc) is 1.97. The lowest BCUT2D eigenvalue weighted by atomic mass is 9.86. The topological polar surface area (TPSA) is 70.0 Å². The first-order valence-electron chi connectivity index (χ1n) is 4.77. The molecule has 0 bridgehead atoms. The van der Waals surface area contributed by atoms with Crippen molar-refractivity contribution in [1.82, 2.24) is 5.06 Å². The minimum Gasteiger partial charge on any atom is -0.449 e. The average molecular weight is 215 g/mol. The van der Waals surface area contributed by atoms with Crippen LogP contribution in [0.5, 0.6) is 0 Å². The lowest BCUT2D eigenvalue weighted by Gasteiger charge is -2.46. The van der Waals surface area contributed by atoms with Crippen molar-refractivity contribution in [2.24, 2.45) is 0 Å². The van der Waals surface area contributed by atoms with Gasteiger partial charge in [0.05, 0.1) is 5.54 Å². The van der Waals surface area contributed by atoms with Crippen LogP contribution in [0.4, 0.5) is 4.79 Å². The minimum absolute atomic E-state index is 0.360. The van der Waals surface area contributed by atoms with Crippen LogP contribution in [-0.2, 0) is 4.74 Å². The van der Waals surface area contributed by atoms with Crippen LogP contribution < -0.4 is 0 Å². The van der Waals surface area contributed by atoms with Gasteiger partial charge in [-0.1, -0.05) is 0 Å². The first kappa shape index (κ1) is 12.0. The van der Waals surface area contributed by atoms with E-state index < -0.39 is 17.2 Å². The summed E-state index contributed by atoms with van der Waals surface area (Å²) in [6, 6.07) is 0. The zero-order valence-electron chi connectivity index (χ0n) is 9.44. The van der Waals surface area contributed by atoms with Gasteiger partial charge in [0.2, 0.25) is 0 Å². The Morgan fingerprint density at radius 1 is 1.47 bits per heavy atom. The molecule has 0 amide bonds. The van der Waals surface area contributed by atoms with Gasteiger partial charge >= 0.3 is 6.16 Å². The Kier molecular flexibility index (Phi) is 2.80. The maximum Gasteiger partial charge on any atom is 0.511 e. The summed E-state index contributed by atoms with van der Waals surface area (Å²) in [5.74, 6) is 0.378. The molecule has 1 rings (SSSR count). The Morgan fingerprint density at radius 3 is 2.40 bits per heavy atom. The third-order valence-electron chi connectivity index (χ3n) is 2.46. The van der Waals surface area contributed by atoms with Crippen molar-refractivity contribution in [2.45, 2.75) is 45.2 Å². The summed E-state index contributed by atoms with van der Waals surface area (Å²) >= 11 is 0. The maximum absolute atomic E-state index is 10.4. The molecule has 0 radical (unpaired) electrons. The molecule has 5 nitrogen and oxygen atoms in total. The lowest BCUT2D eigenvalue weighted by molar-refractivity contribution is -0.217. The van der Waals surface area contributed by atoms with Crippen LogP contribution >= 0.6 is 0 Å². The number of nitrogens with zero attached hydrogens (tertiary/aromatic N) is 1. The molecule has 0 atom stereocenters. The highest BCUT2D eigenvalue weighted by Gasteiger charge is 2.41. The molecular weight excluding hydrogens is 198 g/mol. The van der Waals surface area contributed by atoms with Gasteiger partial charge in [-0.2, -0.15) is 5.06 Å². The summed E-state index contributed by atoms with van der Waals surface area (Å²) in [7, 11) is 0. The Bertz CT molecular complexity index is 307. The predicted molar refractivity (Wildman–Crippen MR) is 53.6 cm³/mol. The van der Waals surface area contributed by atoms with Gasteiger partial charge in [-0.05, 0) is 33.8 Å². The summed E-state index contributed by atoms with van der Waals surface area (Å²) < 4.78 is 4.65. The van der Waals surface area contributed by atoms with Gasteiger partial charge < -0.3 is 15.1 Å². The van der Waals surface area contributed by atoms with Crippen LogP contribution in [0.15, 0.2) is 11.8 Å². The normalized spacial score (nSPS) is 24.5. The maximum atomic E-state index is 10.4. The van der Waals surface area contributed by atoms with Gasteiger partial charge in [0.15, 0.2) is 0 Å². The molecule has 0 fully saturated rings. The fourth-order valence-electron chi connectivity index (χ4n) is 1.97. The predicted octanol–water partition coefficient (Wildman–Crippen LogP) is 2.22. The monoisotopic (exact) mass is 215 g/mol. The van der Waals surface area contributed by atoms with Crippen LogP contribution in [0, 0.1) is 0 Å². The zero-order valence-corrected chi connectivity index (χ0v) is 9.44. The number of rotatable bonds is 1. The summed E-state index contributed by atoms with van der Waals surface area (Å²) in [6.07, 6.45) is 0.658. The minimum atomic E-state index is -1.32. The summed E-state index contributed by atoms with van der Waals surface area (Å²) in [6.45, 7) is 7.23. The molecule has 0 spiro atoms. The van der Waals surface area contributed by atoms with Gasteiger partial charge in [-0.25, -0.2) is 4.79 Å². The van der Waals surface area contributed by atoms with Gasteiger partial charge in [0, 0.05) is 12.0 Å². The van der Waals surface area contributed by atoms with E-state index in [0.29, 0.717) is 12.2 Å². The van der Waals surface area contributed by atoms with Crippen molar-refractivity contribution >= 4 is 6.16 Å². The molecule has 2 N–H and O–H groups in total. The molecule has 15 heavy (non-hydrogen) atoms. The van der Waals surface area contributed by atoms with Crippen LogP contribution in [-0.4, -0.2) is 32.6 Å². The van der Waals surface area contributed by atoms with E-state index in [1.807, 2.05) is 13.8 Å². The number of hydroxylamine groups is 2. The molecule has 0 saturated carbocycles. The second-order valence-electron chi connectivity index (χ2n) is 4.93. The Hall–Kier alpha value is -1.07. The summed E-state index contributed by atoms with van der Waals surface area (Å²) in [5, 5.41) is 19.7. The van der Waals surface area contributed by atoms with Crippen molar-refractivity contribution < 1.29 is 19.8 Å². The molecule has 0 unspecified atom stereocenters. The molecule has 0 saturated heterocycles. The van der Waals surface area contributed by atoms with E-state index >= 15 is 0 Å². The second kappa shape index (κ2) is 3.50. The summed E-state index contributed by atoms with van der Waals surface area (Å²) in [5.41, 5.74) is -1.17. The zero-order chi connectivity index (χ0) is 11.9. The quantitative estimate of drug-likeness (QED) is 0.656. The molecule has 86 valence electrons. The SMILES string of the molecule is CC1(C)C=C(OC(=O)O)CC(C)(C)N1O. The third kappa shape index (κ3) is 2.49. The Labute approximate surface area is 88.9 Å². The van der Waals surface area contributed by atoms with Gasteiger partial charge in [0.25, 0.3) is 0 Å². The molecule has 0 aromatic carbocycles. The number of hydrogen-bond donors (Lipinski definition) is 2. The first-order valence-corrected chi connectivity index (χ1v) is 4.77. The lowest BCUT2D eigenvalue weighted by Crippen LogP contribution is -2.55. The van der Waals surface area contributed by atoms with E-state index in [0.717, 1.165) is 0 Å². The van der Waals surface area contributed by atoms with E-state index in [1.54, 1.807) is 19.9 Å². The van der Waals surface area contributed by atoms with Crippen molar-refractivity contribution in [2.75, 3.05) is 0 Å². The second-order valence-corrected chi connectivity index (χ2v) is 4.93.